The molecule has 96 valence electrons. The number of benzene rings is 1. The Balaban J connectivity index is 3.16. The van der Waals surface area contributed by atoms with Crippen LogP contribution in [0.1, 0.15) is 37.5 Å². The third-order valence-corrected chi connectivity index (χ3v) is 2.40. The van der Waals surface area contributed by atoms with Gasteiger partial charge in [0.25, 0.3) is 0 Å². The molecular formula is C13H16F4. The molecule has 0 amide bonds. The van der Waals surface area contributed by atoms with Crippen LogP contribution in [0.4, 0.5) is 17.6 Å². The van der Waals surface area contributed by atoms with Crippen LogP contribution in [0.25, 0.3) is 0 Å². The van der Waals surface area contributed by atoms with Gasteiger partial charge in [-0.1, -0.05) is 26.8 Å². The molecular weight excluding hydrogens is 232 g/mol. The standard InChI is InChI=1S/C13H16F4/c1-12(2,3)7-10-6-11(13(15,16)17)5-4-9(10)8-14/h4-6H,7-8H2,1-3H3. The van der Waals surface area contributed by atoms with E-state index in [9.17, 15) is 17.6 Å². The Morgan fingerprint density at radius 2 is 1.59 bits per heavy atom. The van der Waals surface area contributed by atoms with Crippen LogP contribution in [0.5, 0.6) is 0 Å². The lowest BCUT2D eigenvalue weighted by Crippen LogP contribution is -2.13. The van der Waals surface area contributed by atoms with Gasteiger partial charge >= 0.3 is 6.18 Å². The molecule has 1 aromatic rings. The maximum atomic E-state index is 12.7. The van der Waals surface area contributed by atoms with E-state index in [0.29, 0.717) is 17.5 Å². The summed E-state index contributed by atoms with van der Waals surface area (Å²) in [5.74, 6) is 0. The minimum Gasteiger partial charge on any atom is -0.246 e. The second kappa shape index (κ2) is 4.67. The van der Waals surface area contributed by atoms with Crippen molar-refractivity contribution in [1.29, 1.82) is 0 Å². The van der Waals surface area contributed by atoms with E-state index < -0.39 is 18.4 Å². The molecule has 0 bridgehead atoms. The molecule has 4 heteroatoms. The Bertz CT molecular complexity index is 385. The van der Waals surface area contributed by atoms with E-state index in [0.717, 1.165) is 12.1 Å². The third kappa shape index (κ3) is 4.02. The van der Waals surface area contributed by atoms with E-state index in [4.69, 9.17) is 0 Å². The highest BCUT2D eigenvalue weighted by Gasteiger charge is 2.31. The van der Waals surface area contributed by atoms with Crippen molar-refractivity contribution in [3.05, 3.63) is 34.9 Å². The van der Waals surface area contributed by atoms with Crippen molar-refractivity contribution < 1.29 is 17.6 Å². The molecule has 17 heavy (non-hydrogen) atoms. The first-order valence-corrected chi connectivity index (χ1v) is 5.38. The minimum absolute atomic E-state index is 0.172. The van der Waals surface area contributed by atoms with E-state index >= 15 is 0 Å². The average molecular weight is 248 g/mol. The molecule has 0 saturated heterocycles. The molecule has 1 aromatic carbocycles. The van der Waals surface area contributed by atoms with Crippen molar-refractivity contribution in [1.82, 2.24) is 0 Å². The summed E-state index contributed by atoms with van der Waals surface area (Å²) >= 11 is 0. The van der Waals surface area contributed by atoms with Crippen molar-refractivity contribution in [3.63, 3.8) is 0 Å². The largest absolute Gasteiger partial charge is 0.416 e. The van der Waals surface area contributed by atoms with Crippen LogP contribution in [-0.4, -0.2) is 0 Å². The monoisotopic (exact) mass is 248 g/mol. The van der Waals surface area contributed by atoms with Gasteiger partial charge < -0.3 is 0 Å². The molecule has 1 rings (SSSR count). The smallest absolute Gasteiger partial charge is 0.246 e. The van der Waals surface area contributed by atoms with E-state index in [1.54, 1.807) is 0 Å². The molecule has 0 spiro atoms. The number of alkyl halides is 4. The highest BCUT2D eigenvalue weighted by Crippen LogP contribution is 2.32. The molecule has 0 saturated carbocycles. The predicted octanol–water partition coefficient (Wildman–Crippen LogP) is 4.76. The molecule has 0 radical (unpaired) electrons. The zero-order chi connectivity index (χ0) is 13.3. The van der Waals surface area contributed by atoms with Crippen LogP contribution in [-0.2, 0) is 19.3 Å². The van der Waals surface area contributed by atoms with Crippen LogP contribution in [0.2, 0.25) is 0 Å². The quantitative estimate of drug-likeness (QED) is 0.662. The Hall–Kier alpha value is -1.06. The van der Waals surface area contributed by atoms with Crippen LogP contribution in [0.15, 0.2) is 18.2 Å². The van der Waals surface area contributed by atoms with Gasteiger partial charge in [0, 0.05) is 0 Å². The SMILES string of the molecule is CC(C)(C)Cc1cc(C(F)(F)F)ccc1CF. The van der Waals surface area contributed by atoms with Crippen molar-refractivity contribution in [2.75, 3.05) is 0 Å². The van der Waals surface area contributed by atoms with E-state index in [1.165, 1.54) is 6.07 Å². The fraction of sp³-hybridized carbons (Fsp3) is 0.538. The zero-order valence-electron chi connectivity index (χ0n) is 10.2. The summed E-state index contributed by atoms with van der Waals surface area (Å²) in [6.07, 6.45) is -3.95. The van der Waals surface area contributed by atoms with Crippen LogP contribution in [0.3, 0.4) is 0 Å². The Morgan fingerprint density at radius 3 is 2.00 bits per heavy atom. The van der Waals surface area contributed by atoms with E-state index in [1.807, 2.05) is 20.8 Å². The predicted molar refractivity (Wildman–Crippen MR) is 59.4 cm³/mol. The summed E-state index contributed by atoms with van der Waals surface area (Å²) in [6, 6.07) is 3.21. The summed E-state index contributed by atoms with van der Waals surface area (Å²) in [6.45, 7) is 5.00. The van der Waals surface area contributed by atoms with Crippen molar-refractivity contribution >= 4 is 0 Å². The highest BCUT2D eigenvalue weighted by molar-refractivity contribution is 5.33. The first kappa shape index (κ1) is 14.0. The molecule has 0 aliphatic carbocycles. The van der Waals surface area contributed by atoms with Crippen LogP contribution >= 0.6 is 0 Å². The lowest BCUT2D eigenvalue weighted by Gasteiger charge is -2.21. The number of halogens is 4. The first-order chi connectivity index (χ1) is 7.63. The Kier molecular flexibility index (Phi) is 3.84. The molecule has 0 heterocycles. The van der Waals surface area contributed by atoms with Gasteiger partial charge in [0.2, 0.25) is 0 Å². The van der Waals surface area contributed by atoms with Gasteiger partial charge in [0.05, 0.1) is 5.56 Å². The first-order valence-electron chi connectivity index (χ1n) is 5.38. The molecule has 0 fully saturated rings. The zero-order valence-corrected chi connectivity index (χ0v) is 10.2. The fourth-order valence-electron chi connectivity index (χ4n) is 1.67. The average Bonchev–Trinajstić information content (AvgIpc) is 2.13. The number of hydrogen-bond acceptors (Lipinski definition) is 0. The third-order valence-electron chi connectivity index (χ3n) is 2.40. The number of rotatable bonds is 2. The van der Waals surface area contributed by atoms with Crippen molar-refractivity contribution in [2.45, 2.75) is 40.0 Å². The van der Waals surface area contributed by atoms with Gasteiger partial charge in [0.15, 0.2) is 0 Å². The fourth-order valence-corrected chi connectivity index (χ4v) is 1.67. The summed E-state index contributed by atoms with van der Waals surface area (Å²) in [5, 5.41) is 0. The maximum absolute atomic E-state index is 12.7. The molecule has 0 atom stereocenters. The normalized spacial score (nSPS) is 12.9. The number of hydrogen-bond donors (Lipinski definition) is 0. The molecule has 0 aliphatic rings. The summed E-state index contributed by atoms with van der Waals surface area (Å²) in [5.41, 5.74) is -0.106. The Morgan fingerprint density at radius 1 is 1.00 bits per heavy atom. The van der Waals surface area contributed by atoms with E-state index in [2.05, 4.69) is 0 Å². The van der Waals surface area contributed by atoms with Gasteiger partial charge in [-0.25, -0.2) is 4.39 Å². The van der Waals surface area contributed by atoms with Gasteiger partial charge in [0.1, 0.15) is 6.67 Å². The van der Waals surface area contributed by atoms with Gasteiger partial charge in [-0.05, 0) is 35.1 Å². The molecule has 0 unspecified atom stereocenters. The Labute approximate surface area is 98.6 Å². The molecule has 0 nitrogen and oxygen atoms in total. The lowest BCUT2D eigenvalue weighted by atomic mass is 9.86. The van der Waals surface area contributed by atoms with Crippen LogP contribution in [0, 0.1) is 5.41 Å². The second-order valence-corrected chi connectivity index (χ2v) is 5.35. The molecule has 0 aliphatic heterocycles. The summed E-state index contributed by atoms with van der Waals surface area (Å²) in [4.78, 5) is 0. The minimum atomic E-state index is -4.37. The second-order valence-electron chi connectivity index (χ2n) is 5.35. The molecule has 0 N–H and O–H groups in total. The maximum Gasteiger partial charge on any atom is 0.416 e. The van der Waals surface area contributed by atoms with Crippen molar-refractivity contribution in [3.8, 4) is 0 Å². The highest BCUT2D eigenvalue weighted by atomic mass is 19.4. The van der Waals surface area contributed by atoms with E-state index in [-0.39, 0.29) is 5.41 Å². The van der Waals surface area contributed by atoms with Gasteiger partial charge in [-0.2, -0.15) is 13.2 Å². The van der Waals surface area contributed by atoms with Crippen molar-refractivity contribution in [2.24, 2.45) is 5.41 Å². The topological polar surface area (TPSA) is 0 Å². The summed E-state index contributed by atoms with van der Waals surface area (Å²) in [7, 11) is 0. The van der Waals surface area contributed by atoms with Gasteiger partial charge in [-0.3, -0.25) is 0 Å². The lowest BCUT2D eigenvalue weighted by molar-refractivity contribution is -0.137. The van der Waals surface area contributed by atoms with Gasteiger partial charge in [-0.15, -0.1) is 0 Å². The molecule has 0 aromatic heterocycles. The summed E-state index contributed by atoms with van der Waals surface area (Å²) < 4.78 is 50.3. The van der Waals surface area contributed by atoms with Crippen LogP contribution < -0.4 is 0 Å².